The lowest BCUT2D eigenvalue weighted by Gasteiger charge is -2.24. The number of benzene rings is 1. The minimum Gasteiger partial charge on any atom is -0.494 e. The number of rotatable bonds is 5. The molecule has 2 rings (SSSR count). The number of thioether (sulfide) groups is 1. The number of ether oxygens (including phenoxy) is 1. The number of hydrogen-bond acceptors (Lipinski definition) is 4. The standard InChI is InChI=1S/C13H17FN2O2S/c1-18-11-4-3-9(7-10(11)14)13-15-8-12(17)16(13)5-6-19-2/h3-4,7,13,15H,5-6,8H2,1-2H3. The molecule has 1 aliphatic heterocycles. The van der Waals surface area contributed by atoms with E-state index in [2.05, 4.69) is 5.32 Å². The molecule has 0 spiro atoms. The van der Waals surface area contributed by atoms with Crippen molar-refractivity contribution in [3.63, 3.8) is 0 Å². The third kappa shape index (κ3) is 3.01. The molecule has 0 aliphatic carbocycles. The van der Waals surface area contributed by atoms with Crippen LogP contribution in [0.4, 0.5) is 4.39 Å². The van der Waals surface area contributed by atoms with E-state index in [0.29, 0.717) is 13.1 Å². The van der Waals surface area contributed by atoms with Gasteiger partial charge in [0.2, 0.25) is 5.91 Å². The number of carbonyl (C=O) groups is 1. The van der Waals surface area contributed by atoms with Crippen LogP contribution in [0.5, 0.6) is 5.75 Å². The van der Waals surface area contributed by atoms with E-state index in [4.69, 9.17) is 4.74 Å². The molecule has 1 amide bonds. The second kappa shape index (κ2) is 6.25. The number of hydrogen-bond donors (Lipinski definition) is 1. The third-order valence-electron chi connectivity index (χ3n) is 3.11. The average molecular weight is 284 g/mol. The number of nitrogens with one attached hydrogen (secondary N) is 1. The van der Waals surface area contributed by atoms with Crippen molar-refractivity contribution < 1.29 is 13.9 Å². The van der Waals surface area contributed by atoms with Crippen molar-refractivity contribution >= 4 is 17.7 Å². The van der Waals surface area contributed by atoms with E-state index in [9.17, 15) is 9.18 Å². The number of halogens is 1. The van der Waals surface area contributed by atoms with Gasteiger partial charge in [-0.3, -0.25) is 10.1 Å². The van der Waals surface area contributed by atoms with Crippen molar-refractivity contribution in [1.29, 1.82) is 0 Å². The molecule has 19 heavy (non-hydrogen) atoms. The van der Waals surface area contributed by atoms with Gasteiger partial charge in [0.05, 0.1) is 13.7 Å². The van der Waals surface area contributed by atoms with Crippen LogP contribution in [0.15, 0.2) is 18.2 Å². The summed E-state index contributed by atoms with van der Waals surface area (Å²) >= 11 is 1.68. The first-order valence-electron chi connectivity index (χ1n) is 6.02. The quantitative estimate of drug-likeness (QED) is 0.892. The number of methoxy groups -OCH3 is 1. The SMILES string of the molecule is COc1ccc(C2NCC(=O)N2CCSC)cc1F. The Bertz CT molecular complexity index is 470. The maximum atomic E-state index is 13.7. The zero-order valence-corrected chi connectivity index (χ0v) is 11.8. The Hall–Kier alpha value is -1.27. The molecule has 4 nitrogen and oxygen atoms in total. The highest BCUT2D eigenvalue weighted by Crippen LogP contribution is 2.26. The summed E-state index contributed by atoms with van der Waals surface area (Å²) < 4.78 is 18.6. The Balaban J connectivity index is 2.19. The van der Waals surface area contributed by atoms with Crippen LogP contribution in [0.2, 0.25) is 0 Å². The normalized spacial score (nSPS) is 19.0. The smallest absolute Gasteiger partial charge is 0.238 e. The second-order valence-corrected chi connectivity index (χ2v) is 5.24. The molecule has 1 unspecified atom stereocenters. The fourth-order valence-corrected chi connectivity index (χ4v) is 2.51. The van der Waals surface area contributed by atoms with Crippen LogP contribution in [-0.2, 0) is 4.79 Å². The van der Waals surface area contributed by atoms with Crippen molar-refractivity contribution in [3.8, 4) is 5.75 Å². The Kier molecular flexibility index (Phi) is 4.66. The van der Waals surface area contributed by atoms with E-state index in [1.54, 1.807) is 28.8 Å². The molecule has 0 radical (unpaired) electrons. The molecule has 1 aliphatic rings. The van der Waals surface area contributed by atoms with Gasteiger partial charge in [-0.2, -0.15) is 11.8 Å². The topological polar surface area (TPSA) is 41.6 Å². The van der Waals surface area contributed by atoms with Gasteiger partial charge in [-0.1, -0.05) is 6.07 Å². The first kappa shape index (κ1) is 14.1. The second-order valence-electron chi connectivity index (χ2n) is 4.26. The minimum atomic E-state index is -0.411. The summed E-state index contributed by atoms with van der Waals surface area (Å²) in [6, 6.07) is 4.79. The van der Waals surface area contributed by atoms with Gasteiger partial charge in [-0.15, -0.1) is 0 Å². The summed E-state index contributed by atoms with van der Waals surface area (Å²) in [5.41, 5.74) is 0.741. The zero-order chi connectivity index (χ0) is 13.8. The zero-order valence-electron chi connectivity index (χ0n) is 11.0. The molecule has 6 heteroatoms. The third-order valence-corrected chi connectivity index (χ3v) is 3.70. The number of carbonyl (C=O) groups excluding carboxylic acids is 1. The molecule has 0 saturated carbocycles. The van der Waals surface area contributed by atoms with Crippen LogP contribution in [0.25, 0.3) is 0 Å². The Morgan fingerprint density at radius 2 is 2.37 bits per heavy atom. The fourth-order valence-electron chi connectivity index (χ4n) is 2.13. The van der Waals surface area contributed by atoms with E-state index in [0.717, 1.165) is 11.3 Å². The number of nitrogens with zero attached hydrogens (tertiary/aromatic N) is 1. The van der Waals surface area contributed by atoms with Gasteiger partial charge < -0.3 is 9.64 Å². The highest BCUT2D eigenvalue weighted by Gasteiger charge is 2.31. The Morgan fingerprint density at radius 1 is 1.58 bits per heavy atom. The molecule has 1 atom stereocenters. The summed E-state index contributed by atoms with van der Waals surface area (Å²) in [6.07, 6.45) is 1.75. The molecule has 1 saturated heterocycles. The Labute approximate surface area is 116 Å². The van der Waals surface area contributed by atoms with Gasteiger partial charge in [0.25, 0.3) is 0 Å². The molecule has 0 aromatic heterocycles. The lowest BCUT2D eigenvalue weighted by molar-refractivity contribution is -0.127. The fraction of sp³-hybridized carbons (Fsp3) is 0.462. The first-order valence-corrected chi connectivity index (χ1v) is 7.42. The summed E-state index contributed by atoms with van der Waals surface area (Å²) in [7, 11) is 1.43. The predicted octanol–water partition coefficient (Wildman–Crippen LogP) is 1.63. The predicted molar refractivity (Wildman–Crippen MR) is 73.8 cm³/mol. The van der Waals surface area contributed by atoms with Crippen molar-refractivity contribution in [2.45, 2.75) is 6.17 Å². The molecule has 104 valence electrons. The lowest BCUT2D eigenvalue weighted by Crippen LogP contribution is -2.32. The van der Waals surface area contributed by atoms with Crippen molar-refractivity contribution in [2.24, 2.45) is 0 Å². The van der Waals surface area contributed by atoms with Gasteiger partial charge in [-0.25, -0.2) is 4.39 Å². The first-order chi connectivity index (χ1) is 9.17. The van der Waals surface area contributed by atoms with E-state index in [-0.39, 0.29) is 17.8 Å². The maximum Gasteiger partial charge on any atom is 0.238 e. The average Bonchev–Trinajstić information content (AvgIpc) is 2.77. The highest BCUT2D eigenvalue weighted by molar-refractivity contribution is 7.98. The molecule has 0 bridgehead atoms. The van der Waals surface area contributed by atoms with E-state index in [1.165, 1.54) is 13.2 Å². The van der Waals surface area contributed by atoms with E-state index >= 15 is 0 Å². The minimum absolute atomic E-state index is 0.0512. The Morgan fingerprint density at radius 3 is 3.00 bits per heavy atom. The molecule has 1 fully saturated rings. The van der Waals surface area contributed by atoms with E-state index in [1.807, 2.05) is 6.26 Å². The number of amides is 1. The summed E-state index contributed by atoms with van der Waals surface area (Å²) in [5.74, 6) is 0.715. The van der Waals surface area contributed by atoms with Gasteiger partial charge in [-0.05, 0) is 24.0 Å². The monoisotopic (exact) mass is 284 g/mol. The largest absolute Gasteiger partial charge is 0.494 e. The molecule has 1 heterocycles. The maximum absolute atomic E-state index is 13.7. The van der Waals surface area contributed by atoms with Crippen LogP contribution in [-0.4, -0.2) is 43.0 Å². The molecule has 1 aromatic rings. The molecule has 1 aromatic carbocycles. The van der Waals surface area contributed by atoms with Gasteiger partial charge in [0, 0.05) is 12.3 Å². The van der Waals surface area contributed by atoms with Crippen LogP contribution in [0, 0.1) is 5.82 Å². The highest BCUT2D eigenvalue weighted by atomic mass is 32.2. The van der Waals surface area contributed by atoms with Crippen molar-refractivity contribution in [2.75, 3.05) is 32.2 Å². The van der Waals surface area contributed by atoms with Crippen LogP contribution < -0.4 is 10.1 Å². The van der Waals surface area contributed by atoms with Gasteiger partial charge in [0.1, 0.15) is 6.17 Å². The van der Waals surface area contributed by atoms with Crippen LogP contribution >= 0.6 is 11.8 Å². The van der Waals surface area contributed by atoms with Crippen LogP contribution in [0.1, 0.15) is 11.7 Å². The van der Waals surface area contributed by atoms with Gasteiger partial charge >= 0.3 is 0 Å². The molecular formula is C13H17FN2O2S. The summed E-state index contributed by atoms with van der Waals surface area (Å²) in [6.45, 7) is 0.956. The van der Waals surface area contributed by atoms with E-state index < -0.39 is 5.82 Å². The van der Waals surface area contributed by atoms with Crippen LogP contribution in [0.3, 0.4) is 0 Å². The summed E-state index contributed by atoms with van der Waals surface area (Å²) in [5, 5.41) is 3.11. The van der Waals surface area contributed by atoms with Crippen molar-refractivity contribution in [1.82, 2.24) is 10.2 Å². The molecule has 1 N–H and O–H groups in total. The molecular weight excluding hydrogens is 267 g/mol. The lowest BCUT2D eigenvalue weighted by atomic mass is 10.1. The summed E-state index contributed by atoms with van der Waals surface area (Å²) in [4.78, 5) is 13.6. The van der Waals surface area contributed by atoms with Gasteiger partial charge in [0.15, 0.2) is 11.6 Å². The van der Waals surface area contributed by atoms with Crippen molar-refractivity contribution in [3.05, 3.63) is 29.6 Å².